The maximum absolute atomic E-state index is 11.2. The minimum absolute atomic E-state index is 0.140. The van der Waals surface area contributed by atoms with Crippen molar-refractivity contribution in [3.8, 4) is 10.8 Å². The molecule has 2 aromatic rings. The van der Waals surface area contributed by atoms with E-state index >= 15 is 0 Å². The molecule has 0 saturated heterocycles. The molecular weight excluding hydrogens is 246 g/mol. The first kappa shape index (κ1) is 11.2. The highest BCUT2D eigenvalue weighted by molar-refractivity contribution is 7.13. The third kappa shape index (κ3) is 2.25. The number of halogens is 1. The number of hydrogen-bond acceptors (Lipinski definition) is 5. The van der Waals surface area contributed by atoms with Gasteiger partial charge < -0.3 is 0 Å². The lowest BCUT2D eigenvalue weighted by atomic mass is 10.3. The molecule has 6 heteroatoms. The van der Waals surface area contributed by atoms with E-state index in [1.165, 1.54) is 24.3 Å². The SMILES string of the molecule is CC(=O)c1cc(Cl)nc(-c2nc(C)cs2)n1. The van der Waals surface area contributed by atoms with Crippen LogP contribution in [0.15, 0.2) is 11.4 Å². The van der Waals surface area contributed by atoms with Gasteiger partial charge in [-0.15, -0.1) is 11.3 Å². The van der Waals surface area contributed by atoms with Gasteiger partial charge in [0.15, 0.2) is 16.6 Å². The second-order valence-electron chi connectivity index (χ2n) is 3.25. The maximum Gasteiger partial charge on any atom is 0.190 e. The van der Waals surface area contributed by atoms with Crippen LogP contribution in [-0.4, -0.2) is 20.7 Å². The van der Waals surface area contributed by atoms with Crippen molar-refractivity contribution >= 4 is 28.7 Å². The molecule has 0 aliphatic heterocycles. The van der Waals surface area contributed by atoms with Crippen molar-refractivity contribution in [1.82, 2.24) is 15.0 Å². The Morgan fingerprint density at radius 2 is 2.12 bits per heavy atom. The predicted molar refractivity (Wildman–Crippen MR) is 62.9 cm³/mol. The van der Waals surface area contributed by atoms with Crippen LogP contribution in [0.5, 0.6) is 0 Å². The summed E-state index contributed by atoms with van der Waals surface area (Å²) in [5.74, 6) is 0.259. The topological polar surface area (TPSA) is 55.7 Å². The first-order chi connectivity index (χ1) is 7.56. The molecule has 2 rings (SSSR count). The predicted octanol–water partition coefficient (Wildman–Crippen LogP) is 2.76. The molecule has 0 unspecified atom stereocenters. The van der Waals surface area contributed by atoms with Gasteiger partial charge in [0.05, 0.1) is 0 Å². The van der Waals surface area contributed by atoms with Crippen LogP contribution in [0.25, 0.3) is 10.8 Å². The molecule has 4 nitrogen and oxygen atoms in total. The molecule has 0 aliphatic rings. The van der Waals surface area contributed by atoms with Crippen molar-refractivity contribution in [2.75, 3.05) is 0 Å². The number of aromatic nitrogens is 3. The first-order valence-corrected chi connectivity index (χ1v) is 5.80. The highest BCUT2D eigenvalue weighted by Crippen LogP contribution is 2.21. The number of rotatable bonds is 2. The Labute approximate surface area is 101 Å². The highest BCUT2D eigenvalue weighted by Gasteiger charge is 2.11. The third-order valence-electron chi connectivity index (χ3n) is 1.87. The van der Waals surface area contributed by atoms with Crippen LogP contribution in [-0.2, 0) is 0 Å². The molecule has 0 aliphatic carbocycles. The van der Waals surface area contributed by atoms with Crippen molar-refractivity contribution in [3.63, 3.8) is 0 Å². The number of nitrogens with zero attached hydrogens (tertiary/aromatic N) is 3. The van der Waals surface area contributed by atoms with E-state index in [4.69, 9.17) is 11.6 Å². The van der Waals surface area contributed by atoms with E-state index in [0.29, 0.717) is 16.5 Å². The Bertz CT molecular complexity index is 553. The second-order valence-corrected chi connectivity index (χ2v) is 4.50. The summed E-state index contributed by atoms with van der Waals surface area (Å²) in [5.41, 5.74) is 1.20. The summed E-state index contributed by atoms with van der Waals surface area (Å²) in [6, 6.07) is 1.45. The first-order valence-electron chi connectivity index (χ1n) is 4.54. The summed E-state index contributed by atoms with van der Waals surface area (Å²) in [5, 5.41) is 2.82. The molecular formula is C10H8ClN3OS. The molecule has 0 aromatic carbocycles. The van der Waals surface area contributed by atoms with Gasteiger partial charge in [-0.2, -0.15) is 0 Å². The fourth-order valence-electron chi connectivity index (χ4n) is 1.15. The van der Waals surface area contributed by atoms with Gasteiger partial charge in [0.2, 0.25) is 0 Å². The Balaban J connectivity index is 2.53. The average molecular weight is 254 g/mol. The average Bonchev–Trinajstić information content (AvgIpc) is 2.64. The number of aryl methyl sites for hydroxylation is 1. The molecule has 0 amide bonds. The van der Waals surface area contributed by atoms with Crippen LogP contribution in [0.4, 0.5) is 0 Å². The van der Waals surface area contributed by atoms with Gasteiger partial charge in [-0.25, -0.2) is 15.0 Å². The molecule has 0 N–H and O–H groups in total. The van der Waals surface area contributed by atoms with E-state index in [0.717, 1.165) is 5.69 Å². The maximum atomic E-state index is 11.2. The summed E-state index contributed by atoms with van der Waals surface area (Å²) >= 11 is 7.25. The van der Waals surface area contributed by atoms with E-state index in [9.17, 15) is 4.79 Å². The zero-order valence-corrected chi connectivity index (χ0v) is 10.3. The molecule has 0 saturated carbocycles. The van der Waals surface area contributed by atoms with Gasteiger partial charge in [-0.3, -0.25) is 4.79 Å². The van der Waals surface area contributed by atoms with Gasteiger partial charge in [0.25, 0.3) is 0 Å². The van der Waals surface area contributed by atoms with Gasteiger partial charge in [0.1, 0.15) is 10.8 Å². The van der Waals surface area contributed by atoms with Crippen molar-refractivity contribution in [3.05, 3.63) is 28.0 Å². The number of carbonyl (C=O) groups is 1. The zero-order chi connectivity index (χ0) is 11.7. The monoisotopic (exact) mass is 253 g/mol. The molecule has 16 heavy (non-hydrogen) atoms. The summed E-state index contributed by atoms with van der Waals surface area (Å²) in [4.78, 5) is 23.6. The fourth-order valence-corrected chi connectivity index (χ4v) is 2.06. The number of hydrogen-bond donors (Lipinski definition) is 0. The van der Waals surface area contributed by atoms with Crippen molar-refractivity contribution in [2.24, 2.45) is 0 Å². The van der Waals surface area contributed by atoms with E-state index in [2.05, 4.69) is 15.0 Å². The number of thiazole rings is 1. The number of Topliss-reactive ketones (excluding diaryl/α,β-unsaturated/α-hetero) is 1. The smallest absolute Gasteiger partial charge is 0.190 e. The van der Waals surface area contributed by atoms with Crippen molar-refractivity contribution < 1.29 is 4.79 Å². The minimum atomic E-state index is -0.140. The van der Waals surface area contributed by atoms with Crippen LogP contribution in [0.3, 0.4) is 0 Å². The molecule has 0 atom stereocenters. The summed E-state index contributed by atoms with van der Waals surface area (Å²) in [7, 11) is 0. The van der Waals surface area contributed by atoms with Gasteiger partial charge >= 0.3 is 0 Å². The van der Waals surface area contributed by atoms with E-state index in [1.807, 2.05) is 12.3 Å². The van der Waals surface area contributed by atoms with Gasteiger partial charge in [0, 0.05) is 24.1 Å². The van der Waals surface area contributed by atoms with Gasteiger partial charge in [-0.05, 0) is 6.92 Å². The summed E-state index contributed by atoms with van der Waals surface area (Å²) in [6.07, 6.45) is 0. The van der Waals surface area contributed by atoms with Crippen LogP contribution in [0, 0.1) is 6.92 Å². The Morgan fingerprint density at radius 1 is 1.38 bits per heavy atom. The van der Waals surface area contributed by atoms with E-state index in [1.54, 1.807) is 0 Å². The van der Waals surface area contributed by atoms with Crippen LogP contribution in [0.2, 0.25) is 5.15 Å². The lowest BCUT2D eigenvalue weighted by Gasteiger charge is -1.99. The quantitative estimate of drug-likeness (QED) is 0.610. The summed E-state index contributed by atoms with van der Waals surface area (Å²) < 4.78 is 0. The summed E-state index contributed by atoms with van der Waals surface area (Å²) in [6.45, 7) is 3.33. The third-order valence-corrected chi connectivity index (χ3v) is 3.02. The number of carbonyl (C=O) groups excluding carboxylic acids is 1. The Kier molecular flexibility index (Phi) is 2.98. The molecule has 0 radical (unpaired) electrons. The van der Waals surface area contributed by atoms with Crippen LogP contribution < -0.4 is 0 Å². The molecule has 0 fully saturated rings. The molecule has 0 spiro atoms. The molecule has 2 aromatic heterocycles. The fraction of sp³-hybridized carbons (Fsp3) is 0.200. The highest BCUT2D eigenvalue weighted by atomic mass is 35.5. The van der Waals surface area contributed by atoms with E-state index in [-0.39, 0.29) is 10.9 Å². The zero-order valence-electron chi connectivity index (χ0n) is 8.69. The Hall–Kier alpha value is -1.33. The van der Waals surface area contributed by atoms with Crippen LogP contribution >= 0.6 is 22.9 Å². The number of ketones is 1. The normalized spacial score (nSPS) is 10.4. The lowest BCUT2D eigenvalue weighted by Crippen LogP contribution is -2.00. The standard InChI is InChI=1S/C10H8ClN3OS/c1-5-4-16-10(12-5)9-13-7(6(2)15)3-8(11)14-9/h3-4H,1-2H3. The Morgan fingerprint density at radius 3 is 2.69 bits per heavy atom. The van der Waals surface area contributed by atoms with Gasteiger partial charge in [-0.1, -0.05) is 11.6 Å². The minimum Gasteiger partial charge on any atom is -0.293 e. The molecule has 2 heterocycles. The second kappa shape index (κ2) is 4.27. The van der Waals surface area contributed by atoms with Crippen LogP contribution in [0.1, 0.15) is 23.1 Å². The largest absolute Gasteiger partial charge is 0.293 e. The van der Waals surface area contributed by atoms with Crippen molar-refractivity contribution in [2.45, 2.75) is 13.8 Å². The lowest BCUT2D eigenvalue weighted by molar-refractivity contribution is 0.101. The molecule has 0 bridgehead atoms. The molecule has 82 valence electrons. The van der Waals surface area contributed by atoms with Crippen molar-refractivity contribution in [1.29, 1.82) is 0 Å². The van der Waals surface area contributed by atoms with E-state index < -0.39 is 0 Å².